The summed E-state index contributed by atoms with van der Waals surface area (Å²) in [4.78, 5) is 40.5. The number of nitro benzene ring substituents is 1. The van der Waals surface area contributed by atoms with Gasteiger partial charge in [0.1, 0.15) is 5.75 Å². The Labute approximate surface area is 229 Å². The standard InChI is InChI=1S/C29H28N4O7/c1-16(2)21-14-22(17(3)12-26(21)39-5)27-31-23-9-7-6-8-20(23)28(34)32(27)30-15-19-10-11-25(24(13-19)33(37)38)40-18(4)29(35)36/h6-16,18H,1-5H3,(H,35,36)/t18-/m0/s1. The van der Waals surface area contributed by atoms with Gasteiger partial charge in [-0.3, -0.25) is 14.9 Å². The molecule has 0 unspecified atom stereocenters. The van der Waals surface area contributed by atoms with E-state index in [0.29, 0.717) is 27.9 Å². The van der Waals surface area contributed by atoms with Crippen LogP contribution in [0.25, 0.3) is 22.3 Å². The van der Waals surface area contributed by atoms with Crippen molar-refractivity contribution in [1.29, 1.82) is 0 Å². The number of nitrogens with zero attached hydrogens (tertiary/aromatic N) is 4. The highest BCUT2D eigenvalue weighted by molar-refractivity contribution is 5.83. The number of carboxylic acid groups (broad SMARTS) is 1. The van der Waals surface area contributed by atoms with Gasteiger partial charge in [-0.05, 0) is 67.3 Å². The number of ether oxygens (including phenoxy) is 2. The second-order valence-corrected chi connectivity index (χ2v) is 9.46. The Morgan fingerprint density at radius 3 is 2.50 bits per heavy atom. The molecule has 40 heavy (non-hydrogen) atoms. The summed E-state index contributed by atoms with van der Waals surface area (Å²) in [6.45, 7) is 7.23. The number of hydrogen-bond donors (Lipinski definition) is 1. The van der Waals surface area contributed by atoms with Crippen LogP contribution in [0.5, 0.6) is 11.5 Å². The summed E-state index contributed by atoms with van der Waals surface area (Å²) < 4.78 is 12.0. The molecule has 0 fully saturated rings. The third kappa shape index (κ3) is 5.53. The lowest BCUT2D eigenvalue weighted by atomic mass is 9.96. The van der Waals surface area contributed by atoms with Crippen LogP contribution in [-0.2, 0) is 4.79 Å². The predicted molar refractivity (Wildman–Crippen MR) is 151 cm³/mol. The number of para-hydroxylation sites is 1. The molecule has 11 nitrogen and oxygen atoms in total. The zero-order chi connectivity index (χ0) is 29.1. The number of aliphatic carboxylic acids is 1. The van der Waals surface area contributed by atoms with E-state index in [4.69, 9.17) is 19.6 Å². The van der Waals surface area contributed by atoms with Crippen molar-refractivity contribution in [2.75, 3.05) is 7.11 Å². The first-order valence-electron chi connectivity index (χ1n) is 12.4. The molecule has 0 aliphatic carbocycles. The zero-order valence-corrected chi connectivity index (χ0v) is 22.6. The van der Waals surface area contributed by atoms with Crippen molar-refractivity contribution in [3.63, 3.8) is 0 Å². The molecular formula is C29H28N4O7. The molecule has 0 bridgehead atoms. The quantitative estimate of drug-likeness (QED) is 0.173. The van der Waals surface area contributed by atoms with Gasteiger partial charge < -0.3 is 14.6 Å². The highest BCUT2D eigenvalue weighted by Crippen LogP contribution is 2.34. The molecule has 1 atom stereocenters. The van der Waals surface area contributed by atoms with Gasteiger partial charge in [-0.15, -0.1) is 0 Å². The summed E-state index contributed by atoms with van der Waals surface area (Å²) in [6, 6.07) is 14.7. The molecule has 4 rings (SSSR count). The van der Waals surface area contributed by atoms with Crippen LogP contribution in [0.3, 0.4) is 0 Å². The Bertz CT molecular complexity index is 1710. The van der Waals surface area contributed by atoms with Crippen molar-refractivity contribution in [3.05, 3.63) is 91.8 Å². The monoisotopic (exact) mass is 544 g/mol. The molecule has 1 heterocycles. The fourth-order valence-corrected chi connectivity index (χ4v) is 4.19. The molecule has 0 spiro atoms. The van der Waals surface area contributed by atoms with Crippen LogP contribution < -0.4 is 15.0 Å². The van der Waals surface area contributed by atoms with Crippen LogP contribution in [-0.4, -0.2) is 45.1 Å². The normalized spacial score (nSPS) is 12.2. The number of hydrogen-bond acceptors (Lipinski definition) is 8. The number of aromatic nitrogens is 2. The number of carbonyl (C=O) groups is 1. The zero-order valence-electron chi connectivity index (χ0n) is 22.6. The van der Waals surface area contributed by atoms with Crippen molar-refractivity contribution in [2.45, 2.75) is 39.7 Å². The Morgan fingerprint density at radius 2 is 1.85 bits per heavy atom. The molecule has 0 aliphatic heterocycles. The number of carboxylic acids is 1. The lowest BCUT2D eigenvalue weighted by Gasteiger charge is -2.17. The summed E-state index contributed by atoms with van der Waals surface area (Å²) in [6.07, 6.45) is 0.0209. The van der Waals surface area contributed by atoms with E-state index >= 15 is 0 Å². The highest BCUT2D eigenvalue weighted by atomic mass is 16.6. The second kappa shape index (κ2) is 11.4. The minimum absolute atomic E-state index is 0.128. The van der Waals surface area contributed by atoms with Crippen molar-refractivity contribution < 1.29 is 24.3 Å². The van der Waals surface area contributed by atoms with Crippen LogP contribution >= 0.6 is 0 Å². The lowest BCUT2D eigenvalue weighted by Crippen LogP contribution is -2.23. The maximum atomic E-state index is 13.6. The van der Waals surface area contributed by atoms with Gasteiger partial charge in [0.25, 0.3) is 5.56 Å². The van der Waals surface area contributed by atoms with Crippen LogP contribution in [0.15, 0.2) is 64.5 Å². The molecule has 0 amide bonds. The number of fused-ring (bicyclic) bond motifs is 1. The largest absolute Gasteiger partial charge is 0.496 e. The Balaban J connectivity index is 1.89. The maximum Gasteiger partial charge on any atom is 0.344 e. The van der Waals surface area contributed by atoms with Crippen LogP contribution in [0, 0.1) is 17.0 Å². The molecule has 11 heteroatoms. The number of benzene rings is 3. The minimum Gasteiger partial charge on any atom is -0.496 e. The molecule has 3 aromatic carbocycles. The highest BCUT2D eigenvalue weighted by Gasteiger charge is 2.22. The summed E-state index contributed by atoms with van der Waals surface area (Å²) in [5, 5.41) is 25.5. The summed E-state index contributed by atoms with van der Waals surface area (Å²) in [5.41, 5.74) is 2.38. The SMILES string of the molecule is COc1cc(C)c(-c2nc3ccccc3c(=O)n2N=Cc2ccc(O[C@@H](C)C(=O)O)c([N+](=O)[O-])c2)cc1C(C)C. The molecular weight excluding hydrogens is 516 g/mol. The smallest absolute Gasteiger partial charge is 0.344 e. The Morgan fingerprint density at radius 1 is 1.12 bits per heavy atom. The second-order valence-electron chi connectivity index (χ2n) is 9.46. The summed E-state index contributed by atoms with van der Waals surface area (Å²) in [7, 11) is 1.60. The lowest BCUT2D eigenvalue weighted by molar-refractivity contribution is -0.386. The average Bonchev–Trinajstić information content (AvgIpc) is 2.92. The molecule has 0 saturated carbocycles. The number of aryl methyl sites for hydroxylation is 1. The van der Waals surface area contributed by atoms with E-state index in [9.17, 15) is 19.7 Å². The van der Waals surface area contributed by atoms with Crippen LogP contribution in [0.4, 0.5) is 5.69 Å². The first-order chi connectivity index (χ1) is 19.0. The van der Waals surface area contributed by atoms with Gasteiger partial charge in [0.05, 0.1) is 29.2 Å². The van der Waals surface area contributed by atoms with E-state index in [1.54, 1.807) is 31.4 Å². The van der Waals surface area contributed by atoms with Gasteiger partial charge in [-0.2, -0.15) is 9.78 Å². The topological polar surface area (TPSA) is 146 Å². The molecule has 0 saturated heterocycles. The molecule has 0 aliphatic rings. The van der Waals surface area contributed by atoms with E-state index in [1.807, 2.05) is 32.9 Å². The van der Waals surface area contributed by atoms with Crippen molar-refractivity contribution in [2.24, 2.45) is 5.10 Å². The third-order valence-corrected chi connectivity index (χ3v) is 6.35. The summed E-state index contributed by atoms with van der Waals surface area (Å²) in [5.74, 6) is -0.306. The van der Waals surface area contributed by atoms with E-state index < -0.39 is 28.2 Å². The molecule has 1 aromatic heterocycles. The molecule has 206 valence electrons. The van der Waals surface area contributed by atoms with Crippen molar-refractivity contribution in [3.8, 4) is 22.9 Å². The van der Waals surface area contributed by atoms with Gasteiger partial charge in [0.2, 0.25) is 0 Å². The maximum absolute atomic E-state index is 13.6. The van der Waals surface area contributed by atoms with Gasteiger partial charge in [0.15, 0.2) is 17.7 Å². The molecule has 1 N–H and O–H groups in total. The van der Waals surface area contributed by atoms with Crippen LogP contribution in [0.2, 0.25) is 0 Å². The fourth-order valence-electron chi connectivity index (χ4n) is 4.19. The minimum atomic E-state index is -1.29. The van der Waals surface area contributed by atoms with E-state index in [1.165, 1.54) is 36.0 Å². The number of nitro groups is 1. The van der Waals surface area contributed by atoms with E-state index in [-0.39, 0.29) is 11.7 Å². The fraction of sp³-hybridized carbons (Fsp3) is 0.241. The number of methoxy groups -OCH3 is 1. The predicted octanol–water partition coefficient (Wildman–Crippen LogP) is 5.15. The van der Waals surface area contributed by atoms with Gasteiger partial charge >= 0.3 is 11.7 Å². The van der Waals surface area contributed by atoms with Crippen molar-refractivity contribution >= 4 is 28.8 Å². The average molecular weight is 545 g/mol. The molecule has 4 aromatic rings. The van der Waals surface area contributed by atoms with E-state index in [2.05, 4.69) is 5.10 Å². The summed E-state index contributed by atoms with van der Waals surface area (Å²) >= 11 is 0. The van der Waals surface area contributed by atoms with E-state index in [0.717, 1.165) is 16.9 Å². The van der Waals surface area contributed by atoms with Gasteiger partial charge in [-0.25, -0.2) is 9.78 Å². The number of rotatable bonds is 9. The van der Waals surface area contributed by atoms with Crippen molar-refractivity contribution in [1.82, 2.24) is 9.66 Å². The Kier molecular flexibility index (Phi) is 7.94. The third-order valence-electron chi connectivity index (χ3n) is 6.35. The van der Waals surface area contributed by atoms with Crippen LogP contribution in [0.1, 0.15) is 43.4 Å². The van der Waals surface area contributed by atoms with Gasteiger partial charge in [-0.1, -0.05) is 26.0 Å². The first kappa shape index (κ1) is 28.0. The molecule has 0 radical (unpaired) electrons. The van der Waals surface area contributed by atoms with Gasteiger partial charge in [0, 0.05) is 17.2 Å². The first-order valence-corrected chi connectivity index (χ1v) is 12.4. The Hall–Kier alpha value is -5.06.